The Balaban J connectivity index is 1.48. The Kier molecular flexibility index (Phi) is 7.26. The molecule has 1 heteroatoms. The van der Waals surface area contributed by atoms with Crippen LogP contribution in [0.25, 0.3) is 4.85 Å². The van der Waals surface area contributed by atoms with Gasteiger partial charge in [0.2, 0.25) is 0 Å². The molecule has 0 amide bonds. The lowest BCUT2D eigenvalue weighted by atomic mass is 10.0. The lowest BCUT2D eigenvalue weighted by Crippen LogP contribution is -1.87. The summed E-state index contributed by atoms with van der Waals surface area (Å²) < 4.78 is 0. The van der Waals surface area contributed by atoms with E-state index >= 15 is 0 Å². The molecular formula is C21H25N. The van der Waals surface area contributed by atoms with Gasteiger partial charge in [-0.1, -0.05) is 85.8 Å². The van der Waals surface area contributed by atoms with Gasteiger partial charge in [0, 0.05) is 0 Å². The van der Waals surface area contributed by atoms with E-state index < -0.39 is 0 Å². The van der Waals surface area contributed by atoms with E-state index in [1.807, 2.05) is 12.1 Å². The summed E-state index contributed by atoms with van der Waals surface area (Å²) in [7, 11) is 0. The van der Waals surface area contributed by atoms with Crippen molar-refractivity contribution in [3.63, 3.8) is 0 Å². The van der Waals surface area contributed by atoms with Gasteiger partial charge in [0.1, 0.15) is 0 Å². The van der Waals surface area contributed by atoms with Crippen molar-refractivity contribution in [2.75, 3.05) is 0 Å². The molecule has 2 aromatic rings. The summed E-state index contributed by atoms with van der Waals surface area (Å²) in [6, 6.07) is 18.8. The molecule has 0 saturated carbocycles. The molecule has 0 spiro atoms. The number of nitrogens with zero attached hydrogens (tertiary/aromatic N) is 1. The van der Waals surface area contributed by atoms with E-state index in [1.165, 1.54) is 56.1 Å². The second-order valence-electron chi connectivity index (χ2n) is 5.89. The third kappa shape index (κ3) is 6.14. The maximum Gasteiger partial charge on any atom is 0.187 e. The van der Waals surface area contributed by atoms with Crippen molar-refractivity contribution in [1.29, 1.82) is 0 Å². The van der Waals surface area contributed by atoms with Crippen LogP contribution >= 0.6 is 0 Å². The molecule has 0 unspecified atom stereocenters. The Bertz CT molecular complexity index is 563. The van der Waals surface area contributed by atoms with Gasteiger partial charge < -0.3 is 0 Å². The maximum atomic E-state index is 6.94. The second kappa shape index (κ2) is 9.79. The normalized spacial score (nSPS) is 10.3. The highest BCUT2D eigenvalue weighted by atomic mass is 14.6. The van der Waals surface area contributed by atoms with E-state index in [1.54, 1.807) is 0 Å². The third-order valence-electron chi connectivity index (χ3n) is 4.09. The smallest absolute Gasteiger partial charge is 0.187 e. The highest BCUT2D eigenvalue weighted by Gasteiger charge is 1.96. The number of benzene rings is 2. The molecule has 114 valence electrons. The summed E-state index contributed by atoms with van der Waals surface area (Å²) in [6.45, 7) is 6.94. The molecule has 0 atom stereocenters. The molecule has 0 saturated heterocycles. The average Bonchev–Trinajstić information content (AvgIpc) is 2.59. The van der Waals surface area contributed by atoms with Gasteiger partial charge in [-0.3, -0.25) is 0 Å². The fourth-order valence-electron chi connectivity index (χ4n) is 2.75. The number of unbranched alkanes of at least 4 members (excludes halogenated alkanes) is 5. The molecule has 0 fully saturated rings. The molecule has 2 aromatic carbocycles. The molecule has 2 rings (SSSR count). The first-order valence-electron chi connectivity index (χ1n) is 8.39. The SMILES string of the molecule is [C-]#[N+]c1ccc(CCCCCCCCc2ccccc2)cc1. The molecule has 0 aromatic heterocycles. The van der Waals surface area contributed by atoms with Crippen LogP contribution in [0.4, 0.5) is 5.69 Å². The largest absolute Gasteiger partial charge is 0.238 e. The van der Waals surface area contributed by atoms with E-state index in [-0.39, 0.29) is 0 Å². The van der Waals surface area contributed by atoms with Crippen LogP contribution in [0.5, 0.6) is 0 Å². The first-order chi connectivity index (χ1) is 10.9. The number of hydrogen-bond donors (Lipinski definition) is 0. The van der Waals surface area contributed by atoms with E-state index in [9.17, 15) is 0 Å². The van der Waals surface area contributed by atoms with Gasteiger partial charge in [-0.05, 0) is 31.2 Å². The topological polar surface area (TPSA) is 4.36 Å². The molecule has 0 N–H and O–H groups in total. The molecule has 22 heavy (non-hydrogen) atoms. The number of aryl methyl sites for hydroxylation is 2. The van der Waals surface area contributed by atoms with Crippen LogP contribution in [0, 0.1) is 6.57 Å². The van der Waals surface area contributed by atoms with Crippen LogP contribution in [0.1, 0.15) is 49.7 Å². The lowest BCUT2D eigenvalue weighted by molar-refractivity contribution is 0.594. The van der Waals surface area contributed by atoms with Crippen molar-refractivity contribution in [2.24, 2.45) is 0 Å². The second-order valence-corrected chi connectivity index (χ2v) is 5.89. The monoisotopic (exact) mass is 291 g/mol. The molecule has 0 aliphatic carbocycles. The first kappa shape index (κ1) is 16.3. The fourth-order valence-corrected chi connectivity index (χ4v) is 2.75. The molecule has 0 aliphatic rings. The van der Waals surface area contributed by atoms with Gasteiger partial charge in [0.25, 0.3) is 0 Å². The van der Waals surface area contributed by atoms with Crippen molar-refractivity contribution in [1.82, 2.24) is 0 Å². The van der Waals surface area contributed by atoms with Crippen molar-refractivity contribution >= 4 is 5.69 Å². The highest BCUT2D eigenvalue weighted by Crippen LogP contribution is 2.15. The average molecular weight is 291 g/mol. The maximum absolute atomic E-state index is 6.94. The summed E-state index contributed by atoms with van der Waals surface area (Å²) in [5, 5.41) is 0. The van der Waals surface area contributed by atoms with Crippen LogP contribution in [-0.2, 0) is 12.8 Å². The minimum atomic E-state index is 0.738. The van der Waals surface area contributed by atoms with E-state index in [0.717, 1.165) is 12.1 Å². The molecule has 0 heterocycles. The van der Waals surface area contributed by atoms with Gasteiger partial charge in [0.15, 0.2) is 5.69 Å². The summed E-state index contributed by atoms with van der Waals surface area (Å²) in [5.41, 5.74) is 3.56. The van der Waals surface area contributed by atoms with Gasteiger partial charge in [-0.2, -0.15) is 0 Å². The van der Waals surface area contributed by atoms with Gasteiger partial charge >= 0.3 is 0 Å². The molecule has 0 radical (unpaired) electrons. The third-order valence-corrected chi connectivity index (χ3v) is 4.09. The van der Waals surface area contributed by atoms with Crippen molar-refractivity contribution < 1.29 is 0 Å². The van der Waals surface area contributed by atoms with Crippen LogP contribution in [0.3, 0.4) is 0 Å². The van der Waals surface area contributed by atoms with Crippen molar-refractivity contribution in [2.45, 2.75) is 51.4 Å². The highest BCUT2D eigenvalue weighted by molar-refractivity contribution is 5.45. The minimum Gasteiger partial charge on any atom is -0.238 e. The Morgan fingerprint density at radius 1 is 0.591 bits per heavy atom. The molecule has 0 bridgehead atoms. The summed E-state index contributed by atoms with van der Waals surface area (Å²) in [5.74, 6) is 0. The van der Waals surface area contributed by atoms with Crippen molar-refractivity contribution in [3.8, 4) is 0 Å². The van der Waals surface area contributed by atoms with Gasteiger partial charge in [-0.15, -0.1) is 0 Å². The first-order valence-corrected chi connectivity index (χ1v) is 8.39. The fraction of sp³-hybridized carbons (Fsp3) is 0.381. The lowest BCUT2D eigenvalue weighted by Gasteiger charge is -2.03. The van der Waals surface area contributed by atoms with Crippen LogP contribution < -0.4 is 0 Å². The zero-order chi connectivity index (χ0) is 15.5. The summed E-state index contributed by atoms with van der Waals surface area (Å²) in [4.78, 5) is 3.42. The van der Waals surface area contributed by atoms with Gasteiger partial charge in [0.05, 0.1) is 6.57 Å². The van der Waals surface area contributed by atoms with E-state index in [4.69, 9.17) is 6.57 Å². The Hall–Kier alpha value is -2.07. The Morgan fingerprint density at radius 3 is 1.64 bits per heavy atom. The Morgan fingerprint density at radius 2 is 1.09 bits per heavy atom. The molecular weight excluding hydrogens is 266 g/mol. The molecule has 1 nitrogen and oxygen atoms in total. The summed E-state index contributed by atoms with van der Waals surface area (Å²) in [6.07, 6.45) is 10.3. The van der Waals surface area contributed by atoms with E-state index in [0.29, 0.717) is 0 Å². The predicted molar refractivity (Wildman–Crippen MR) is 94.3 cm³/mol. The van der Waals surface area contributed by atoms with Crippen LogP contribution in [0.15, 0.2) is 54.6 Å². The number of hydrogen-bond acceptors (Lipinski definition) is 0. The molecule has 0 aliphatic heterocycles. The van der Waals surface area contributed by atoms with Crippen molar-refractivity contribution in [3.05, 3.63) is 77.1 Å². The standard InChI is InChI=1S/C21H25N/c1-22-21-17-15-20(16-18-21)14-8-5-3-2-4-7-11-19-12-9-6-10-13-19/h6,9-10,12-13,15-18H,2-5,7-8,11,14H2. The minimum absolute atomic E-state index is 0.738. The predicted octanol–water partition coefficient (Wildman–Crippen LogP) is 6.36. The quantitative estimate of drug-likeness (QED) is 0.374. The van der Waals surface area contributed by atoms with E-state index in [2.05, 4.69) is 47.3 Å². The summed E-state index contributed by atoms with van der Waals surface area (Å²) >= 11 is 0. The zero-order valence-electron chi connectivity index (χ0n) is 13.3. The van der Waals surface area contributed by atoms with Crippen LogP contribution in [0.2, 0.25) is 0 Å². The number of rotatable bonds is 9. The Labute approximate surface area is 134 Å². The zero-order valence-corrected chi connectivity index (χ0v) is 13.3. The van der Waals surface area contributed by atoms with Gasteiger partial charge in [-0.25, -0.2) is 4.85 Å². The van der Waals surface area contributed by atoms with Crippen LogP contribution in [-0.4, -0.2) is 0 Å².